The van der Waals surface area contributed by atoms with Gasteiger partial charge in [0.15, 0.2) is 17.0 Å². The second kappa shape index (κ2) is 9.95. The van der Waals surface area contributed by atoms with Gasteiger partial charge in [-0.2, -0.15) is 14.4 Å². The zero-order valence-corrected chi connectivity index (χ0v) is 20.6. The summed E-state index contributed by atoms with van der Waals surface area (Å²) < 4.78 is 22.0. The summed E-state index contributed by atoms with van der Waals surface area (Å²) in [5, 5.41) is 3.46. The van der Waals surface area contributed by atoms with Crippen molar-refractivity contribution in [3.63, 3.8) is 0 Å². The number of hydrogen-bond acceptors (Lipinski definition) is 8. The number of imidazole rings is 1. The fourth-order valence-corrected chi connectivity index (χ4v) is 5.55. The van der Waals surface area contributed by atoms with Crippen molar-refractivity contribution in [2.75, 3.05) is 49.2 Å². The summed E-state index contributed by atoms with van der Waals surface area (Å²) in [6.45, 7) is 9.42. The minimum Gasteiger partial charge on any atom is -0.491 e. The van der Waals surface area contributed by atoms with Gasteiger partial charge in [-0.05, 0) is 36.9 Å². The Balaban J connectivity index is 1.54. The van der Waals surface area contributed by atoms with Gasteiger partial charge in [0.2, 0.25) is 0 Å². The van der Waals surface area contributed by atoms with Crippen LogP contribution in [0.3, 0.4) is 0 Å². The molecular formula is C24H32FN7OS. The number of nitrogens with zero attached hydrogens (tertiary/aromatic N) is 5. The second-order valence-corrected chi connectivity index (χ2v) is 10.5. The zero-order chi connectivity index (χ0) is 23.7. The number of nitrogen functional groups attached to an aromatic ring is 1. The van der Waals surface area contributed by atoms with Crippen LogP contribution >= 0.6 is 11.8 Å². The average Bonchev–Trinajstić information content (AvgIpc) is 3.45. The van der Waals surface area contributed by atoms with Crippen LogP contribution in [-0.4, -0.2) is 58.1 Å². The number of hydrogen-bond donors (Lipinski definition) is 2. The topological polar surface area (TPSA) is 94.1 Å². The maximum atomic E-state index is 14.1. The van der Waals surface area contributed by atoms with E-state index in [0.29, 0.717) is 30.0 Å². The number of aromatic nitrogens is 4. The van der Waals surface area contributed by atoms with Gasteiger partial charge in [0.1, 0.15) is 11.6 Å². The first-order valence-electron chi connectivity index (χ1n) is 12.1. The van der Waals surface area contributed by atoms with Crippen LogP contribution in [-0.2, 0) is 13.0 Å². The van der Waals surface area contributed by atoms with E-state index in [1.165, 1.54) is 24.1 Å². The van der Waals surface area contributed by atoms with Crippen LogP contribution in [0.2, 0.25) is 0 Å². The van der Waals surface area contributed by atoms with E-state index in [2.05, 4.69) is 46.2 Å². The number of thioether (sulfide) groups is 1. The van der Waals surface area contributed by atoms with E-state index in [1.54, 1.807) is 0 Å². The summed E-state index contributed by atoms with van der Waals surface area (Å²) in [6, 6.07) is 4.43. The normalized spacial score (nSPS) is 15.8. The van der Waals surface area contributed by atoms with E-state index in [4.69, 9.17) is 15.5 Å². The standard InChI is InChI=1S/C24H32FN7OS/c1-15(2)14-27-5-8-32-20(28-21-22(26)29-24(25)30-23(21)32)12-16-11-19-18(33-9-10-34-19)13-17(16)31-6-3-4-7-31/h11,13,15,27H,3-10,12,14H2,1-2H3,(H2,26,29,30). The lowest BCUT2D eigenvalue weighted by Crippen LogP contribution is -2.25. The fourth-order valence-electron chi connectivity index (χ4n) is 4.68. The third-order valence-corrected chi connectivity index (χ3v) is 7.28. The highest BCUT2D eigenvalue weighted by Gasteiger charge is 2.24. The van der Waals surface area contributed by atoms with E-state index in [0.717, 1.165) is 55.0 Å². The van der Waals surface area contributed by atoms with Crippen molar-refractivity contribution in [2.45, 2.75) is 44.6 Å². The third-order valence-electron chi connectivity index (χ3n) is 6.28. The van der Waals surface area contributed by atoms with Gasteiger partial charge < -0.3 is 25.3 Å². The van der Waals surface area contributed by atoms with Crippen LogP contribution < -0.4 is 20.7 Å². The molecule has 0 bridgehead atoms. The van der Waals surface area contributed by atoms with Crippen LogP contribution in [0.25, 0.3) is 11.2 Å². The molecule has 0 atom stereocenters. The molecule has 182 valence electrons. The van der Waals surface area contributed by atoms with Crippen molar-refractivity contribution in [1.29, 1.82) is 0 Å². The van der Waals surface area contributed by atoms with Crippen molar-refractivity contribution >= 4 is 34.4 Å². The lowest BCUT2D eigenvalue weighted by Gasteiger charge is -2.26. The highest BCUT2D eigenvalue weighted by atomic mass is 32.2. The van der Waals surface area contributed by atoms with Gasteiger partial charge >= 0.3 is 6.08 Å². The van der Waals surface area contributed by atoms with Crippen LogP contribution in [0.5, 0.6) is 5.75 Å². The fraction of sp³-hybridized carbons (Fsp3) is 0.542. The van der Waals surface area contributed by atoms with Gasteiger partial charge in [-0.3, -0.25) is 0 Å². The highest BCUT2D eigenvalue weighted by molar-refractivity contribution is 7.99. The number of anilines is 2. The molecule has 8 nitrogen and oxygen atoms in total. The molecule has 0 unspecified atom stereocenters. The van der Waals surface area contributed by atoms with Gasteiger partial charge in [-0.1, -0.05) is 13.8 Å². The third kappa shape index (κ3) is 4.79. The van der Waals surface area contributed by atoms with Gasteiger partial charge in [0.05, 0.1) is 6.61 Å². The summed E-state index contributed by atoms with van der Waals surface area (Å²) >= 11 is 1.83. The Labute approximate surface area is 203 Å². The van der Waals surface area contributed by atoms with Crippen molar-refractivity contribution in [3.05, 3.63) is 29.6 Å². The maximum absolute atomic E-state index is 14.1. The number of halogens is 1. The molecule has 1 fully saturated rings. The Kier molecular flexibility index (Phi) is 6.78. The summed E-state index contributed by atoms with van der Waals surface area (Å²) in [4.78, 5) is 16.2. The smallest absolute Gasteiger partial charge is 0.312 e. The van der Waals surface area contributed by atoms with Gasteiger partial charge in [-0.15, -0.1) is 11.8 Å². The maximum Gasteiger partial charge on any atom is 0.312 e. The van der Waals surface area contributed by atoms with Gasteiger partial charge in [-0.25, -0.2) is 4.98 Å². The van der Waals surface area contributed by atoms with Crippen LogP contribution in [0, 0.1) is 12.0 Å². The number of nitrogens with one attached hydrogen (secondary N) is 1. The molecule has 2 aliphatic heterocycles. The first-order valence-corrected chi connectivity index (χ1v) is 13.0. The summed E-state index contributed by atoms with van der Waals surface area (Å²) in [7, 11) is 0. The molecule has 0 radical (unpaired) electrons. The molecule has 0 aliphatic carbocycles. The molecule has 0 saturated carbocycles. The summed E-state index contributed by atoms with van der Waals surface area (Å²) in [5.41, 5.74) is 9.33. The molecule has 0 amide bonds. The van der Waals surface area contributed by atoms with Gasteiger partial charge in [0, 0.05) is 55.0 Å². The molecular weight excluding hydrogens is 453 g/mol. The molecule has 1 aromatic carbocycles. The number of ether oxygens (including phenoxy) is 1. The van der Waals surface area contributed by atoms with E-state index in [1.807, 2.05) is 16.3 Å². The molecule has 3 aromatic rings. The average molecular weight is 486 g/mol. The largest absolute Gasteiger partial charge is 0.491 e. The van der Waals surface area contributed by atoms with Gasteiger partial charge in [0.25, 0.3) is 0 Å². The van der Waals surface area contributed by atoms with E-state index in [9.17, 15) is 4.39 Å². The predicted octanol–water partition coefficient (Wildman–Crippen LogP) is 3.47. The van der Waals surface area contributed by atoms with E-state index < -0.39 is 6.08 Å². The molecule has 1 saturated heterocycles. The van der Waals surface area contributed by atoms with Crippen molar-refractivity contribution in [2.24, 2.45) is 5.92 Å². The SMILES string of the molecule is CC(C)CNCCn1c(Cc2cc3c(cc2N2CCCC2)OCCS3)nc2c(N)nc(F)nc21. The number of rotatable bonds is 8. The zero-order valence-electron chi connectivity index (χ0n) is 19.8. The van der Waals surface area contributed by atoms with Crippen molar-refractivity contribution in [1.82, 2.24) is 24.8 Å². The van der Waals surface area contributed by atoms with Crippen molar-refractivity contribution < 1.29 is 9.13 Å². The second-order valence-electron chi connectivity index (χ2n) is 9.32. The molecule has 3 N–H and O–H groups in total. The van der Waals surface area contributed by atoms with Crippen LogP contribution in [0.1, 0.15) is 38.1 Å². The first kappa shape index (κ1) is 23.2. The monoisotopic (exact) mass is 485 g/mol. The van der Waals surface area contributed by atoms with Crippen molar-refractivity contribution in [3.8, 4) is 5.75 Å². The molecule has 34 heavy (non-hydrogen) atoms. The number of fused-ring (bicyclic) bond motifs is 2. The molecule has 2 aliphatic rings. The summed E-state index contributed by atoms with van der Waals surface area (Å²) in [6.07, 6.45) is 2.16. The number of nitrogens with two attached hydrogens (primary N) is 1. The molecule has 5 rings (SSSR count). The lowest BCUT2D eigenvalue weighted by atomic mass is 10.1. The Morgan fingerprint density at radius 2 is 2.03 bits per heavy atom. The highest BCUT2D eigenvalue weighted by Crippen LogP contribution is 2.40. The summed E-state index contributed by atoms with van der Waals surface area (Å²) in [5.74, 6) is 3.35. The molecule has 0 spiro atoms. The predicted molar refractivity (Wildman–Crippen MR) is 134 cm³/mol. The van der Waals surface area contributed by atoms with E-state index >= 15 is 0 Å². The molecule has 10 heteroatoms. The minimum atomic E-state index is -0.826. The van der Waals surface area contributed by atoms with Crippen LogP contribution in [0.4, 0.5) is 15.9 Å². The quantitative estimate of drug-likeness (QED) is 0.370. The Morgan fingerprint density at radius 1 is 1.21 bits per heavy atom. The Morgan fingerprint density at radius 3 is 2.82 bits per heavy atom. The van der Waals surface area contributed by atoms with Crippen LogP contribution in [0.15, 0.2) is 17.0 Å². The van der Waals surface area contributed by atoms with E-state index in [-0.39, 0.29) is 5.82 Å². The minimum absolute atomic E-state index is 0.0757. The molecule has 4 heterocycles. The Hall–Kier alpha value is -2.59. The lowest BCUT2D eigenvalue weighted by molar-refractivity contribution is 0.330. The first-order chi connectivity index (χ1) is 16.5. The Bertz CT molecular complexity index is 1180. The molecule has 2 aromatic heterocycles. The number of benzene rings is 1.